The lowest BCUT2D eigenvalue weighted by Gasteiger charge is -2.18. The van der Waals surface area contributed by atoms with E-state index in [1.807, 2.05) is 12.3 Å². The molecular formula is C30H32FN5O5S. The maximum atomic E-state index is 13.8. The second-order valence-electron chi connectivity index (χ2n) is 10.7. The van der Waals surface area contributed by atoms with Crippen molar-refractivity contribution in [2.24, 2.45) is 11.4 Å². The summed E-state index contributed by atoms with van der Waals surface area (Å²) >= 11 is 0. The minimum atomic E-state index is -3.18. The molecule has 2 aromatic heterocycles. The molecule has 0 radical (unpaired) electrons. The fourth-order valence-corrected chi connectivity index (χ4v) is 5.25. The fourth-order valence-electron chi connectivity index (χ4n) is 4.15. The van der Waals surface area contributed by atoms with E-state index >= 15 is 0 Å². The second kappa shape index (κ2) is 11.7. The number of hydrogen-bond acceptors (Lipinski definition) is 7. The van der Waals surface area contributed by atoms with Gasteiger partial charge in [-0.3, -0.25) is 9.48 Å². The molecule has 10 nitrogen and oxygen atoms in total. The Bertz CT molecular complexity index is 1800. The van der Waals surface area contributed by atoms with Crippen molar-refractivity contribution in [2.45, 2.75) is 45.1 Å². The van der Waals surface area contributed by atoms with Crippen LogP contribution in [-0.4, -0.2) is 42.8 Å². The Kier molecular flexibility index (Phi) is 8.48. The van der Waals surface area contributed by atoms with Gasteiger partial charge in [-0.05, 0) is 82.1 Å². The molecule has 0 bridgehead atoms. The van der Waals surface area contributed by atoms with E-state index < -0.39 is 33.3 Å². The van der Waals surface area contributed by atoms with Crippen LogP contribution in [0.4, 0.5) is 14.9 Å². The van der Waals surface area contributed by atoms with E-state index in [2.05, 4.69) is 19.8 Å². The number of aryl methyl sites for hydroxylation is 2. The molecule has 1 N–H and O–H groups in total. The highest BCUT2D eigenvalue weighted by atomic mass is 32.2. The highest BCUT2D eigenvalue weighted by molar-refractivity contribution is 7.93. The summed E-state index contributed by atoms with van der Waals surface area (Å²) in [6.07, 6.45) is 3.90. The van der Waals surface area contributed by atoms with Gasteiger partial charge in [-0.15, -0.1) is 4.36 Å². The smallest absolute Gasteiger partial charge is 0.442 e. The van der Waals surface area contributed by atoms with E-state index in [0.717, 1.165) is 11.1 Å². The third-order valence-corrected chi connectivity index (χ3v) is 7.69. The number of ether oxygens (including phenoxy) is 2. The molecule has 220 valence electrons. The molecule has 2 amide bonds. The van der Waals surface area contributed by atoms with Gasteiger partial charge in [0.15, 0.2) is 0 Å². The summed E-state index contributed by atoms with van der Waals surface area (Å²) in [6, 6.07) is 12.4. The molecular weight excluding hydrogens is 561 g/mol. The number of anilines is 1. The maximum absolute atomic E-state index is 13.8. The van der Waals surface area contributed by atoms with E-state index in [4.69, 9.17) is 9.47 Å². The lowest BCUT2D eigenvalue weighted by molar-refractivity contribution is 0.0607. The Morgan fingerprint density at radius 1 is 1.07 bits per heavy atom. The van der Waals surface area contributed by atoms with Crippen LogP contribution in [0.25, 0.3) is 11.1 Å². The SMILES string of the molecule is Cc1nc(F)ccc1Oc1ccc(-c2cnn(C)c2)c(C)c1C(=O)Nc1cccc([S@@](C)(=O)=NC(=O)OC(C)(C)C)c1. The van der Waals surface area contributed by atoms with E-state index in [1.54, 1.807) is 76.8 Å². The predicted octanol–water partition coefficient (Wildman–Crippen LogP) is 6.67. The number of rotatable bonds is 6. The van der Waals surface area contributed by atoms with Crippen LogP contribution >= 0.6 is 0 Å². The van der Waals surface area contributed by atoms with Crippen molar-refractivity contribution in [2.75, 3.05) is 11.6 Å². The Balaban J connectivity index is 1.73. The van der Waals surface area contributed by atoms with E-state index in [9.17, 15) is 18.2 Å². The summed E-state index contributed by atoms with van der Waals surface area (Å²) in [7, 11) is -1.39. The maximum Gasteiger partial charge on any atom is 0.442 e. The minimum Gasteiger partial charge on any atom is -0.455 e. The number of aromatic nitrogens is 3. The first-order valence-corrected chi connectivity index (χ1v) is 14.9. The molecule has 0 saturated carbocycles. The lowest BCUT2D eigenvalue weighted by Crippen LogP contribution is -2.22. The van der Waals surface area contributed by atoms with Crippen LogP contribution in [0.5, 0.6) is 11.5 Å². The number of hydrogen-bond donors (Lipinski definition) is 1. The van der Waals surface area contributed by atoms with Crippen LogP contribution in [-0.2, 0) is 21.5 Å². The van der Waals surface area contributed by atoms with Gasteiger partial charge in [-0.25, -0.2) is 14.0 Å². The molecule has 4 rings (SSSR count). The van der Waals surface area contributed by atoms with Gasteiger partial charge in [-0.1, -0.05) is 12.1 Å². The quantitative estimate of drug-likeness (QED) is 0.247. The molecule has 0 spiro atoms. The molecule has 1 atom stereocenters. The zero-order valence-corrected chi connectivity index (χ0v) is 25.2. The van der Waals surface area contributed by atoms with Crippen molar-refractivity contribution < 1.29 is 27.7 Å². The Morgan fingerprint density at radius 3 is 2.43 bits per heavy atom. The molecule has 0 unspecified atom stereocenters. The normalized spacial score (nSPS) is 12.8. The van der Waals surface area contributed by atoms with Gasteiger partial charge < -0.3 is 14.8 Å². The van der Waals surface area contributed by atoms with Crippen molar-refractivity contribution in [3.05, 3.63) is 83.7 Å². The second-order valence-corrected chi connectivity index (χ2v) is 12.9. The van der Waals surface area contributed by atoms with Gasteiger partial charge in [0, 0.05) is 35.6 Å². The first-order chi connectivity index (χ1) is 19.6. The average molecular weight is 594 g/mol. The molecule has 2 aromatic carbocycles. The molecule has 0 aliphatic carbocycles. The van der Waals surface area contributed by atoms with Crippen LogP contribution < -0.4 is 10.1 Å². The summed E-state index contributed by atoms with van der Waals surface area (Å²) in [4.78, 5) is 30.1. The third kappa shape index (κ3) is 7.19. The number of carbonyl (C=O) groups is 2. The summed E-state index contributed by atoms with van der Waals surface area (Å²) in [5.74, 6) is -0.642. The highest BCUT2D eigenvalue weighted by Crippen LogP contribution is 2.35. The molecule has 12 heteroatoms. The third-order valence-electron chi connectivity index (χ3n) is 6.06. The van der Waals surface area contributed by atoms with Crippen LogP contribution in [0.1, 0.15) is 42.4 Å². The van der Waals surface area contributed by atoms with Crippen LogP contribution in [0.3, 0.4) is 0 Å². The zero-order valence-electron chi connectivity index (χ0n) is 24.4. The van der Waals surface area contributed by atoms with Crippen molar-refractivity contribution in [3.8, 4) is 22.6 Å². The highest BCUT2D eigenvalue weighted by Gasteiger charge is 2.22. The molecule has 42 heavy (non-hydrogen) atoms. The number of benzene rings is 2. The number of halogens is 1. The van der Waals surface area contributed by atoms with Gasteiger partial charge >= 0.3 is 6.09 Å². The van der Waals surface area contributed by atoms with Gasteiger partial charge in [0.1, 0.15) is 17.1 Å². The van der Waals surface area contributed by atoms with Gasteiger partial charge in [0.05, 0.1) is 27.2 Å². The van der Waals surface area contributed by atoms with Gasteiger partial charge in [-0.2, -0.15) is 9.49 Å². The molecule has 0 saturated heterocycles. The first kappa shape index (κ1) is 30.4. The van der Waals surface area contributed by atoms with Gasteiger partial charge in [0.25, 0.3) is 5.91 Å². The van der Waals surface area contributed by atoms with Crippen molar-refractivity contribution in [1.82, 2.24) is 14.8 Å². The van der Waals surface area contributed by atoms with Crippen molar-refractivity contribution >= 4 is 27.4 Å². The number of pyridine rings is 1. The fraction of sp³-hybridized carbons (Fsp3) is 0.267. The number of carbonyl (C=O) groups excluding carboxylic acids is 2. The standard InChI is InChI=1S/C30H32FN5O5S/c1-18-23(20-16-32-36(6)17-20)11-12-25(40-24-13-14-26(31)33-19(24)2)27(18)28(37)34-21-9-8-10-22(15-21)42(7,39)35-29(38)41-30(3,4)5/h8-17H,1-7H3,(H,34,37)/t42-/m1/s1. The molecule has 0 fully saturated rings. The number of nitrogens with one attached hydrogen (secondary N) is 1. The Labute approximate surface area is 244 Å². The predicted molar refractivity (Wildman–Crippen MR) is 158 cm³/mol. The van der Waals surface area contributed by atoms with Crippen LogP contribution in [0.15, 0.2) is 70.2 Å². The van der Waals surface area contributed by atoms with Crippen LogP contribution in [0.2, 0.25) is 0 Å². The van der Waals surface area contributed by atoms with Crippen molar-refractivity contribution in [1.29, 1.82) is 0 Å². The van der Waals surface area contributed by atoms with Gasteiger partial charge in [0.2, 0.25) is 5.95 Å². The Morgan fingerprint density at radius 2 is 1.79 bits per heavy atom. The summed E-state index contributed by atoms with van der Waals surface area (Å²) in [5, 5.41) is 7.07. The molecule has 0 aliphatic heterocycles. The van der Waals surface area contributed by atoms with E-state index in [1.165, 1.54) is 24.5 Å². The summed E-state index contributed by atoms with van der Waals surface area (Å²) < 4.78 is 43.6. The largest absolute Gasteiger partial charge is 0.455 e. The molecule has 4 aromatic rings. The summed E-state index contributed by atoms with van der Waals surface area (Å²) in [5.41, 5.74) is 2.24. The van der Waals surface area contributed by atoms with Crippen molar-refractivity contribution in [3.63, 3.8) is 0 Å². The van der Waals surface area contributed by atoms with E-state index in [-0.39, 0.29) is 22.0 Å². The Hall–Kier alpha value is -4.58. The molecule has 2 heterocycles. The number of amides is 2. The minimum absolute atomic E-state index is 0.223. The van der Waals surface area contributed by atoms with E-state index in [0.29, 0.717) is 16.9 Å². The van der Waals surface area contributed by atoms with Crippen LogP contribution in [0, 0.1) is 19.8 Å². The summed E-state index contributed by atoms with van der Waals surface area (Å²) in [6.45, 7) is 8.45. The number of nitrogens with zero attached hydrogens (tertiary/aromatic N) is 4. The molecule has 0 aliphatic rings. The monoisotopic (exact) mass is 593 g/mol. The zero-order chi connectivity index (χ0) is 30.8. The average Bonchev–Trinajstić information content (AvgIpc) is 3.30. The first-order valence-electron chi connectivity index (χ1n) is 12.9. The lowest BCUT2D eigenvalue weighted by atomic mass is 9.97. The topological polar surface area (TPSA) is 125 Å².